The van der Waals surface area contributed by atoms with Gasteiger partial charge in [-0.25, -0.2) is 0 Å². The summed E-state index contributed by atoms with van der Waals surface area (Å²) in [7, 11) is 6.35. The first-order valence-electron chi connectivity index (χ1n) is 13.6. The highest BCUT2D eigenvalue weighted by Gasteiger charge is 2.14. The molecule has 0 spiro atoms. The van der Waals surface area contributed by atoms with Crippen LogP contribution in [0.15, 0.2) is 24.3 Å². The molecular weight excluding hydrogens is 476 g/mol. The van der Waals surface area contributed by atoms with Crippen LogP contribution in [0.4, 0.5) is 0 Å². The van der Waals surface area contributed by atoms with Crippen molar-refractivity contribution in [3.8, 4) is 35.2 Å². The van der Waals surface area contributed by atoms with E-state index < -0.39 is 0 Å². The van der Waals surface area contributed by atoms with Crippen LogP contribution in [0.1, 0.15) is 80.7 Å². The zero-order valence-electron chi connectivity index (χ0n) is 24.2. The molecule has 0 aliphatic heterocycles. The molecule has 0 N–H and O–H groups in total. The lowest BCUT2D eigenvalue weighted by Crippen LogP contribution is -2.20. The van der Waals surface area contributed by atoms with E-state index >= 15 is 0 Å². The topological polar surface area (TPSA) is 24.9 Å². The molecule has 0 bridgehead atoms. The predicted octanol–water partition coefficient (Wildman–Crippen LogP) is 6.72. The zero-order chi connectivity index (χ0) is 27.2. The largest absolute Gasteiger partial charge is 0.493 e. The molecule has 4 nitrogen and oxygen atoms in total. The number of ether oxygens (including phenoxy) is 2. The molecule has 0 saturated carbocycles. The number of hydrogen-bond acceptors (Lipinski definition) is 5. The SMILES string of the molecule is CCN(C)CCCOc1cc(C(C)C)c(OCCCCN(C)C)cc1C#Cc1ccc(C#CC(C)C)s1. The molecule has 0 fully saturated rings. The smallest absolute Gasteiger partial charge is 0.135 e. The van der Waals surface area contributed by atoms with Gasteiger partial charge < -0.3 is 19.3 Å². The van der Waals surface area contributed by atoms with E-state index in [1.54, 1.807) is 11.3 Å². The van der Waals surface area contributed by atoms with Crippen LogP contribution in [0.2, 0.25) is 0 Å². The average Bonchev–Trinajstić information content (AvgIpc) is 3.31. The monoisotopic (exact) mass is 522 g/mol. The molecule has 0 atom stereocenters. The second kappa shape index (κ2) is 16.4. The number of nitrogens with zero attached hydrogens (tertiary/aromatic N) is 2. The van der Waals surface area contributed by atoms with E-state index in [9.17, 15) is 0 Å². The van der Waals surface area contributed by atoms with Gasteiger partial charge in [0.15, 0.2) is 0 Å². The van der Waals surface area contributed by atoms with Crippen LogP contribution >= 0.6 is 11.3 Å². The Morgan fingerprint density at radius 1 is 0.811 bits per heavy atom. The number of rotatable bonds is 13. The van der Waals surface area contributed by atoms with Crippen LogP contribution in [0.3, 0.4) is 0 Å². The Bertz CT molecular complexity index is 1080. The highest BCUT2D eigenvalue weighted by atomic mass is 32.1. The van der Waals surface area contributed by atoms with E-state index in [1.807, 2.05) is 6.07 Å². The Hall–Kier alpha value is -2.44. The summed E-state index contributed by atoms with van der Waals surface area (Å²) in [6.07, 6.45) is 3.11. The molecule has 0 unspecified atom stereocenters. The van der Waals surface area contributed by atoms with Crippen molar-refractivity contribution in [2.24, 2.45) is 5.92 Å². The quantitative estimate of drug-likeness (QED) is 0.215. The fraction of sp³-hybridized carbons (Fsp3) is 0.562. The molecular formula is C32H46N2O2S. The van der Waals surface area contributed by atoms with E-state index in [0.29, 0.717) is 25.0 Å². The lowest BCUT2D eigenvalue weighted by Gasteiger charge is -2.19. The summed E-state index contributed by atoms with van der Waals surface area (Å²) < 4.78 is 12.6. The second-order valence-electron chi connectivity index (χ2n) is 10.3. The first-order chi connectivity index (χ1) is 17.7. The maximum Gasteiger partial charge on any atom is 0.135 e. The van der Waals surface area contributed by atoms with Gasteiger partial charge in [-0.1, -0.05) is 58.3 Å². The lowest BCUT2D eigenvalue weighted by molar-refractivity contribution is 0.266. The van der Waals surface area contributed by atoms with E-state index in [0.717, 1.165) is 65.7 Å². The van der Waals surface area contributed by atoms with Crippen LogP contribution in [0, 0.1) is 29.6 Å². The molecule has 5 heteroatoms. The summed E-state index contributed by atoms with van der Waals surface area (Å²) in [4.78, 5) is 6.56. The van der Waals surface area contributed by atoms with Gasteiger partial charge in [0.2, 0.25) is 0 Å². The Morgan fingerprint density at radius 2 is 1.49 bits per heavy atom. The Kier molecular flexibility index (Phi) is 13.7. The molecule has 37 heavy (non-hydrogen) atoms. The first-order valence-corrected chi connectivity index (χ1v) is 14.4. The van der Waals surface area contributed by atoms with E-state index in [2.05, 4.69) is 107 Å². The molecule has 1 aromatic heterocycles. The minimum Gasteiger partial charge on any atom is -0.493 e. The van der Waals surface area contributed by atoms with Crippen molar-refractivity contribution in [1.29, 1.82) is 0 Å². The first kappa shape index (κ1) is 30.8. The minimum absolute atomic E-state index is 0.326. The van der Waals surface area contributed by atoms with Gasteiger partial charge >= 0.3 is 0 Å². The van der Waals surface area contributed by atoms with Crippen molar-refractivity contribution in [2.45, 2.75) is 59.8 Å². The summed E-state index contributed by atoms with van der Waals surface area (Å²) in [6.45, 7) is 15.3. The van der Waals surface area contributed by atoms with Crippen molar-refractivity contribution in [1.82, 2.24) is 9.80 Å². The van der Waals surface area contributed by atoms with Crippen LogP contribution < -0.4 is 9.47 Å². The van der Waals surface area contributed by atoms with Gasteiger partial charge in [-0.05, 0) is 83.7 Å². The molecule has 0 aliphatic carbocycles. The van der Waals surface area contributed by atoms with Crippen molar-refractivity contribution < 1.29 is 9.47 Å². The third kappa shape index (κ3) is 11.7. The standard InChI is InChI=1S/C32H46N2O2S/c1-9-34(8)20-12-22-35-31-24-30(26(4)5)32(36-21-11-10-19-33(6)7)23-27(31)14-16-29-18-17-28(37-29)15-13-25(2)3/h17-18,23-26H,9-12,19-22H2,1-8H3. The highest BCUT2D eigenvalue weighted by molar-refractivity contribution is 7.13. The van der Waals surface area contributed by atoms with Gasteiger partial charge in [-0.2, -0.15) is 0 Å². The number of benzene rings is 1. The number of unbranched alkanes of at least 4 members (excludes halogenated alkanes) is 1. The summed E-state index contributed by atoms with van der Waals surface area (Å²) in [6, 6.07) is 8.32. The van der Waals surface area contributed by atoms with Crippen LogP contribution in [0.5, 0.6) is 11.5 Å². The van der Waals surface area contributed by atoms with Crippen LogP contribution in [-0.2, 0) is 0 Å². The molecule has 1 aromatic carbocycles. The van der Waals surface area contributed by atoms with Crippen LogP contribution in [-0.4, -0.2) is 63.8 Å². The summed E-state index contributed by atoms with van der Waals surface area (Å²) in [5.74, 6) is 15.6. The molecule has 0 radical (unpaired) electrons. The van der Waals surface area contributed by atoms with Gasteiger partial charge in [-0.15, -0.1) is 11.3 Å². The highest BCUT2D eigenvalue weighted by Crippen LogP contribution is 2.34. The summed E-state index contributed by atoms with van der Waals surface area (Å²) in [5, 5.41) is 0. The molecule has 202 valence electrons. The summed E-state index contributed by atoms with van der Waals surface area (Å²) >= 11 is 1.63. The van der Waals surface area contributed by atoms with Crippen molar-refractivity contribution >= 4 is 11.3 Å². The van der Waals surface area contributed by atoms with Crippen molar-refractivity contribution in [2.75, 3.05) is 54.0 Å². The maximum absolute atomic E-state index is 6.30. The van der Waals surface area contributed by atoms with Crippen molar-refractivity contribution in [3.63, 3.8) is 0 Å². The third-order valence-electron chi connectivity index (χ3n) is 5.88. The summed E-state index contributed by atoms with van der Waals surface area (Å²) in [5.41, 5.74) is 2.04. The minimum atomic E-state index is 0.326. The molecule has 2 aromatic rings. The average molecular weight is 523 g/mol. The normalized spacial score (nSPS) is 11.0. The Morgan fingerprint density at radius 3 is 2.14 bits per heavy atom. The van der Waals surface area contributed by atoms with Gasteiger partial charge in [0, 0.05) is 18.0 Å². The Balaban J connectivity index is 2.29. The molecule has 0 aliphatic rings. The van der Waals surface area contributed by atoms with Gasteiger partial charge in [0.25, 0.3) is 0 Å². The predicted molar refractivity (Wildman–Crippen MR) is 159 cm³/mol. The van der Waals surface area contributed by atoms with E-state index in [4.69, 9.17) is 9.47 Å². The molecule has 1 heterocycles. The zero-order valence-corrected chi connectivity index (χ0v) is 25.1. The third-order valence-corrected chi connectivity index (χ3v) is 6.80. The number of hydrogen-bond donors (Lipinski definition) is 0. The Labute approximate surface area is 230 Å². The van der Waals surface area contributed by atoms with Gasteiger partial charge in [-0.3, -0.25) is 0 Å². The van der Waals surface area contributed by atoms with E-state index in [-0.39, 0.29) is 0 Å². The van der Waals surface area contributed by atoms with Crippen LogP contribution in [0.25, 0.3) is 0 Å². The van der Waals surface area contributed by atoms with Gasteiger partial charge in [0.05, 0.1) is 28.5 Å². The van der Waals surface area contributed by atoms with Crippen molar-refractivity contribution in [3.05, 3.63) is 45.1 Å². The number of thiophene rings is 1. The second-order valence-corrected chi connectivity index (χ2v) is 11.4. The fourth-order valence-corrected chi connectivity index (χ4v) is 4.29. The maximum atomic E-state index is 6.30. The molecule has 2 rings (SSSR count). The molecule has 0 saturated heterocycles. The molecule has 0 amide bonds. The van der Waals surface area contributed by atoms with E-state index in [1.165, 1.54) is 5.56 Å². The van der Waals surface area contributed by atoms with Gasteiger partial charge in [0.1, 0.15) is 11.5 Å². The fourth-order valence-electron chi connectivity index (χ4n) is 3.57. The lowest BCUT2D eigenvalue weighted by atomic mass is 9.99.